The van der Waals surface area contributed by atoms with E-state index in [1.54, 1.807) is 25.3 Å². The quantitative estimate of drug-likeness (QED) is 0.799. The SMILES string of the molecule is COc1ccc(NC(=O)[C@H](C)[NH+]2CCN(c3ccccc3Cl)CC2)cc1Cl. The highest BCUT2D eigenvalue weighted by molar-refractivity contribution is 6.33. The summed E-state index contributed by atoms with van der Waals surface area (Å²) in [5.74, 6) is 0.571. The van der Waals surface area contributed by atoms with Gasteiger partial charge in [-0.1, -0.05) is 35.3 Å². The molecule has 7 heteroatoms. The van der Waals surface area contributed by atoms with Crippen molar-refractivity contribution in [2.45, 2.75) is 13.0 Å². The maximum absolute atomic E-state index is 12.6. The van der Waals surface area contributed by atoms with Gasteiger partial charge in [-0.25, -0.2) is 0 Å². The first-order chi connectivity index (χ1) is 13.0. The lowest BCUT2D eigenvalue weighted by molar-refractivity contribution is -0.914. The Hall–Kier alpha value is -1.95. The van der Waals surface area contributed by atoms with Crippen molar-refractivity contribution in [3.63, 3.8) is 0 Å². The van der Waals surface area contributed by atoms with Crippen LogP contribution in [0.5, 0.6) is 5.75 Å². The third-order valence-corrected chi connectivity index (χ3v) is 5.64. The molecular weight excluding hydrogens is 385 g/mol. The second-order valence-electron chi connectivity index (χ2n) is 6.66. The fourth-order valence-electron chi connectivity index (χ4n) is 3.36. The molecular formula is C20H24Cl2N3O2+. The third kappa shape index (κ3) is 4.67. The van der Waals surface area contributed by atoms with Gasteiger partial charge in [0.05, 0.1) is 49.0 Å². The lowest BCUT2D eigenvalue weighted by Crippen LogP contribution is -3.19. The number of nitrogens with zero attached hydrogens (tertiary/aromatic N) is 1. The number of rotatable bonds is 5. The molecule has 0 spiro atoms. The van der Waals surface area contributed by atoms with Crippen LogP contribution in [-0.4, -0.2) is 45.2 Å². The maximum Gasteiger partial charge on any atom is 0.282 e. The molecule has 1 atom stereocenters. The van der Waals surface area contributed by atoms with E-state index < -0.39 is 0 Å². The minimum Gasteiger partial charge on any atom is -0.495 e. The van der Waals surface area contributed by atoms with Crippen LogP contribution >= 0.6 is 23.2 Å². The number of methoxy groups -OCH3 is 1. The summed E-state index contributed by atoms with van der Waals surface area (Å²) in [7, 11) is 1.56. The first-order valence-electron chi connectivity index (χ1n) is 8.98. The van der Waals surface area contributed by atoms with Crippen LogP contribution in [0.1, 0.15) is 6.92 Å². The van der Waals surface area contributed by atoms with Gasteiger partial charge in [-0.2, -0.15) is 0 Å². The molecule has 0 bridgehead atoms. The number of benzene rings is 2. The monoisotopic (exact) mass is 408 g/mol. The van der Waals surface area contributed by atoms with Gasteiger partial charge in [-0.05, 0) is 37.3 Å². The van der Waals surface area contributed by atoms with Crippen molar-refractivity contribution in [3.8, 4) is 5.75 Å². The van der Waals surface area contributed by atoms with Crippen molar-refractivity contribution in [3.05, 3.63) is 52.5 Å². The minimum absolute atomic E-state index is 0.0163. The second-order valence-corrected chi connectivity index (χ2v) is 7.47. The predicted molar refractivity (Wildman–Crippen MR) is 110 cm³/mol. The Morgan fingerprint density at radius 2 is 1.85 bits per heavy atom. The van der Waals surface area contributed by atoms with Gasteiger partial charge in [0.2, 0.25) is 0 Å². The summed E-state index contributed by atoms with van der Waals surface area (Å²) in [5, 5.41) is 4.19. The largest absolute Gasteiger partial charge is 0.495 e. The second kappa shape index (κ2) is 8.83. The number of halogens is 2. The van der Waals surface area contributed by atoms with Crippen molar-refractivity contribution in [1.29, 1.82) is 0 Å². The molecule has 0 saturated carbocycles. The molecule has 0 unspecified atom stereocenters. The molecule has 3 rings (SSSR count). The van der Waals surface area contributed by atoms with Crippen LogP contribution in [0.25, 0.3) is 0 Å². The molecule has 0 radical (unpaired) electrons. The number of carbonyl (C=O) groups is 1. The van der Waals surface area contributed by atoms with Crippen LogP contribution in [0.3, 0.4) is 0 Å². The number of nitrogens with one attached hydrogen (secondary N) is 2. The Morgan fingerprint density at radius 1 is 1.15 bits per heavy atom. The third-order valence-electron chi connectivity index (χ3n) is 5.02. The lowest BCUT2D eigenvalue weighted by Gasteiger charge is -2.36. The average molecular weight is 409 g/mol. The van der Waals surface area contributed by atoms with Gasteiger partial charge < -0.3 is 19.9 Å². The molecule has 5 nitrogen and oxygen atoms in total. The highest BCUT2D eigenvalue weighted by atomic mass is 35.5. The Morgan fingerprint density at radius 3 is 2.48 bits per heavy atom. The molecule has 1 heterocycles. The summed E-state index contributed by atoms with van der Waals surface area (Å²) < 4.78 is 5.14. The van der Waals surface area contributed by atoms with E-state index in [4.69, 9.17) is 27.9 Å². The van der Waals surface area contributed by atoms with E-state index in [0.29, 0.717) is 16.5 Å². The summed E-state index contributed by atoms with van der Waals surface area (Å²) in [4.78, 5) is 16.2. The smallest absolute Gasteiger partial charge is 0.282 e. The highest BCUT2D eigenvalue weighted by Gasteiger charge is 2.29. The van der Waals surface area contributed by atoms with E-state index in [1.165, 1.54) is 4.90 Å². The van der Waals surface area contributed by atoms with Gasteiger partial charge in [0.15, 0.2) is 6.04 Å². The summed E-state index contributed by atoms with van der Waals surface area (Å²) in [5.41, 5.74) is 1.73. The van der Waals surface area contributed by atoms with Crippen LogP contribution in [0, 0.1) is 0 Å². The zero-order valence-electron chi connectivity index (χ0n) is 15.5. The van der Waals surface area contributed by atoms with Crippen molar-refractivity contribution < 1.29 is 14.4 Å². The first-order valence-corrected chi connectivity index (χ1v) is 9.73. The summed E-state index contributed by atoms with van der Waals surface area (Å²) in [6.07, 6.45) is 0. The number of amides is 1. The summed E-state index contributed by atoms with van der Waals surface area (Å²) >= 11 is 12.4. The molecule has 1 fully saturated rings. The first kappa shape index (κ1) is 19.8. The van der Waals surface area contributed by atoms with E-state index in [1.807, 2.05) is 31.2 Å². The molecule has 0 aliphatic carbocycles. The average Bonchev–Trinajstić information content (AvgIpc) is 2.68. The van der Waals surface area contributed by atoms with Crippen LogP contribution < -0.4 is 19.9 Å². The number of quaternary nitrogens is 1. The molecule has 2 N–H and O–H groups in total. The van der Waals surface area contributed by atoms with Gasteiger partial charge >= 0.3 is 0 Å². The Balaban J connectivity index is 1.57. The molecule has 144 valence electrons. The molecule has 2 aromatic rings. The number of carbonyl (C=O) groups excluding carboxylic acids is 1. The van der Waals surface area contributed by atoms with Crippen molar-refractivity contribution in [1.82, 2.24) is 0 Å². The number of anilines is 2. The molecule has 27 heavy (non-hydrogen) atoms. The van der Waals surface area contributed by atoms with E-state index in [-0.39, 0.29) is 11.9 Å². The lowest BCUT2D eigenvalue weighted by atomic mass is 10.2. The molecule has 1 aliphatic heterocycles. The van der Waals surface area contributed by atoms with Gasteiger partial charge in [0.25, 0.3) is 5.91 Å². The van der Waals surface area contributed by atoms with Gasteiger partial charge in [0, 0.05) is 5.69 Å². The van der Waals surface area contributed by atoms with Crippen LogP contribution in [0.4, 0.5) is 11.4 Å². The highest BCUT2D eigenvalue weighted by Crippen LogP contribution is 2.27. The number of ether oxygens (including phenoxy) is 1. The van der Waals surface area contributed by atoms with Crippen molar-refractivity contribution >= 4 is 40.5 Å². The normalized spacial score (nSPS) is 16.1. The predicted octanol–water partition coefficient (Wildman–Crippen LogP) is 2.73. The van der Waals surface area contributed by atoms with Crippen LogP contribution in [0.2, 0.25) is 10.0 Å². The van der Waals surface area contributed by atoms with E-state index in [9.17, 15) is 4.79 Å². The van der Waals surface area contributed by atoms with E-state index in [0.717, 1.165) is 36.9 Å². The summed E-state index contributed by atoms with van der Waals surface area (Å²) in [6.45, 7) is 5.45. The zero-order valence-corrected chi connectivity index (χ0v) is 17.0. The Kier molecular flexibility index (Phi) is 6.47. The zero-order chi connectivity index (χ0) is 19.4. The maximum atomic E-state index is 12.6. The Bertz CT molecular complexity index is 808. The number of hydrogen-bond acceptors (Lipinski definition) is 3. The molecule has 0 aromatic heterocycles. The molecule has 1 saturated heterocycles. The number of piperazine rings is 1. The standard InChI is InChI=1S/C20H23Cl2N3O2/c1-14(20(26)23-15-7-8-19(27-2)17(22)13-15)24-9-11-25(12-10-24)18-6-4-3-5-16(18)21/h3-8,13-14H,9-12H2,1-2H3,(H,23,26)/p+1/t14-/m0/s1. The number of hydrogen-bond donors (Lipinski definition) is 2. The van der Waals surface area contributed by atoms with Gasteiger partial charge in [0.1, 0.15) is 5.75 Å². The van der Waals surface area contributed by atoms with Gasteiger partial charge in [-0.15, -0.1) is 0 Å². The van der Waals surface area contributed by atoms with Crippen molar-refractivity contribution in [2.24, 2.45) is 0 Å². The fraction of sp³-hybridized carbons (Fsp3) is 0.350. The fourth-order valence-corrected chi connectivity index (χ4v) is 3.87. The molecule has 1 amide bonds. The van der Waals surface area contributed by atoms with Crippen LogP contribution in [0.15, 0.2) is 42.5 Å². The summed E-state index contributed by atoms with van der Waals surface area (Å²) in [6, 6.07) is 13.0. The number of para-hydroxylation sites is 1. The molecule has 1 aliphatic rings. The topological polar surface area (TPSA) is 46.0 Å². The van der Waals surface area contributed by atoms with E-state index >= 15 is 0 Å². The van der Waals surface area contributed by atoms with E-state index in [2.05, 4.69) is 10.2 Å². The van der Waals surface area contributed by atoms with Crippen molar-refractivity contribution in [2.75, 3.05) is 43.5 Å². The van der Waals surface area contributed by atoms with Crippen LogP contribution in [-0.2, 0) is 4.79 Å². The Labute approximate surface area is 169 Å². The van der Waals surface area contributed by atoms with Gasteiger partial charge in [-0.3, -0.25) is 4.79 Å². The minimum atomic E-state index is -0.153. The molecule has 2 aromatic carbocycles.